The van der Waals surface area contributed by atoms with Crippen LogP contribution in [-0.4, -0.2) is 76.0 Å². The van der Waals surface area contributed by atoms with E-state index >= 15 is 0 Å². The van der Waals surface area contributed by atoms with Crippen LogP contribution in [0.25, 0.3) is 16.6 Å². The summed E-state index contributed by atoms with van der Waals surface area (Å²) in [6, 6.07) is 21.6. The molecular formula is C46H47BrCl3N7O5S. The van der Waals surface area contributed by atoms with Crippen LogP contribution in [0, 0.1) is 6.92 Å². The maximum atomic E-state index is 14.9. The van der Waals surface area contributed by atoms with Gasteiger partial charge in [-0.05, 0) is 107 Å². The Morgan fingerprint density at radius 2 is 1.63 bits per heavy atom. The minimum atomic E-state index is -4.43. The number of unbranched alkanes of at least 4 members (excludes halogenated alkanes) is 2. The number of hydrogen-bond acceptors (Lipinski definition) is 7. The summed E-state index contributed by atoms with van der Waals surface area (Å²) in [6.07, 6.45) is 5.78. The fourth-order valence-electron chi connectivity index (χ4n) is 7.85. The number of benzene rings is 4. The third-order valence-electron chi connectivity index (χ3n) is 11.4. The zero-order chi connectivity index (χ0) is 45.2. The summed E-state index contributed by atoms with van der Waals surface area (Å²) in [5, 5.41) is 6.31. The van der Waals surface area contributed by atoms with Gasteiger partial charge >= 0.3 is 0 Å². The maximum Gasteiger partial charge on any atom is 0.275 e. The lowest BCUT2D eigenvalue weighted by Crippen LogP contribution is -2.48. The molecule has 0 saturated carbocycles. The first-order chi connectivity index (χ1) is 30.1. The van der Waals surface area contributed by atoms with Crippen molar-refractivity contribution in [3.63, 3.8) is 0 Å². The van der Waals surface area contributed by atoms with Crippen LogP contribution in [-0.2, 0) is 29.5 Å². The van der Waals surface area contributed by atoms with Gasteiger partial charge in [0, 0.05) is 65.9 Å². The molecule has 2 aromatic heterocycles. The maximum absolute atomic E-state index is 14.9. The highest BCUT2D eigenvalue weighted by Gasteiger charge is 2.33. The summed E-state index contributed by atoms with van der Waals surface area (Å²) >= 11 is 22.8. The molecule has 12 nitrogen and oxygen atoms in total. The van der Waals surface area contributed by atoms with E-state index in [0.717, 1.165) is 47.9 Å². The molecular weight excluding hydrogens is 949 g/mol. The van der Waals surface area contributed by atoms with Gasteiger partial charge in [0.2, 0.25) is 0 Å². The average Bonchev–Trinajstić information content (AvgIpc) is 3.76. The Balaban J connectivity index is 1.24. The Bertz CT molecular complexity index is 2840. The summed E-state index contributed by atoms with van der Waals surface area (Å²) in [5.41, 5.74) is 10.6. The molecule has 7 rings (SSSR count). The number of nitrogens with two attached hydrogens (primary N) is 1. The summed E-state index contributed by atoms with van der Waals surface area (Å²) in [4.78, 5) is 46.1. The quantitative estimate of drug-likeness (QED) is 0.104. The zero-order valence-corrected chi connectivity index (χ0v) is 39.7. The molecule has 330 valence electrons. The zero-order valence-electron chi connectivity index (χ0n) is 35.0. The van der Waals surface area contributed by atoms with Crippen LogP contribution >= 0.6 is 50.7 Å². The molecule has 0 unspecified atom stereocenters. The van der Waals surface area contributed by atoms with Crippen LogP contribution in [0.3, 0.4) is 0 Å². The summed E-state index contributed by atoms with van der Waals surface area (Å²) in [6.45, 7) is 7.76. The van der Waals surface area contributed by atoms with E-state index in [1.165, 1.54) is 35.0 Å². The predicted octanol–water partition coefficient (Wildman–Crippen LogP) is 9.59. The Hall–Kier alpha value is -4.70. The monoisotopic (exact) mass is 993 g/mol. The van der Waals surface area contributed by atoms with Gasteiger partial charge in [0.1, 0.15) is 0 Å². The molecule has 6 aromatic rings. The molecule has 1 aliphatic rings. The molecule has 0 saturated heterocycles. The number of hydrogen-bond donors (Lipinski definition) is 2. The number of halogens is 4. The third-order valence-corrected chi connectivity index (χ3v) is 14.5. The van der Waals surface area contributed by atoms with Crippen LogP contribution in [0.1, 0.15) is 93.1 Å². The number of carbonyl (C=O) groups is 3. The van der Waals surface area contributed by atoms with Gasteiger partial charge in [0.05, 0.1) is 36.9 Å². The van der Waals surface area contributed by atoms with Gasteiger partial charge in [0.25, 0.3) is 27.7 Å². The van der Waals surface area contributed by atoms with Crippen LogP contribution < -0.4 is 10.5 Å². The molecule has 0 fully saturated rings. The van der Waals surface area contributed by atoms with Crippen LogP contribution in [0.2, 0.25) is 15.1 Å². The van der Waals surface area contributed by atoms with E-state index in [1.54, 1.807) is 34.9 Å². The lowest BCUT2D eigenvalue weighted by Gasteiger charge is -2.36. The van der Waals surface area contributed by atoms with Crippen molar-refractivity contribution in [2.45, 2.75) is 76.9 Å². The number of rotatable bonds is 15. The predicted molar refractivity (Wildman–Crippen MR) is 252 cm³/mol. The van der Waals surface area contributed by atoms with Crippen LogP contribution in [0.5, 0.6) is 0 Å². The van der Waals surface area contributed by atoms with Crippen molar-refractivity contribution in [3.8, 4) is 5.69 Å². The molecule has 0 spiro atoms. The summed E-state index contributed by atoms with van der Waals surface area (Å²) in [7, 11) is -4.43. The molecule has 0 radical (unpaired) electrons. The van der Waals surface area contributed by atoms with Gasteiger partial charge in [-0.3, -0.25) is 14.4 Å². The number of aromatic nitrogens is 3. The van der Waals surface area contributed by atoms with E-state index in [-0.39, 0.29) is 57.5 Å². The lowest BCUT2D eigenvalue weighted by molar-refractivity contribution is 0.0647. The topological polar surface area (TPSA) is 153 Å². The molecule has 0 aliphatic carbocycles. The van der Waals surface area contributed by atoms with Gasteiger partial charge in [-0.1, -0.05) is 91.8 Å². The van der Waals surface area contributed by atoms with Gasteiger partial charge in [-0.25, -0.2) is 17.8 Å². The van der Waals surface area contributed by atoms with Crippen LogP contribution in [0.4, 0.5) is 0 Å². The largest absolute Gasteiger partial charge is 0.342 e. The Labute approximate surface area is 390 Å². The molecule has 1 atom stereocenters. The fourth-order valence-corrected chi connectivity index (χ4v) is 9.93. The highest BCUT2D eigenvalue weighted by molar-refractivity contribution is 9.10. The van der Waals surface area contributed by atoms with Crippen molar-refractivity contribution >= 4 is 89.4 Å². The Morgan fingerprint density at radius 1 is 0.921 bits per heavy atom. The molecule has 4 aromatic carbocycles. The first kappa shape index (κ1) is 46.3. The van der Waals surface area contributed by atoms with Gasteiger partial charge < -0.3 is 20.1 Å². The number of nitrogens with one attached hydrogen (secondary N) is 1. The second-order valence-electron chi connectivity index (χ2n) is 15.7. The normalized spacial score (nSPS) is 13.9. The first-order valence-corrected chi connectivity index (χ1v) is 24.1. The molecule has 17 heteroatoms. The molecule has 3 amide bonds. The minimum Gasteiger partial charge on any atom is -0.342 e. The molecule has 3 N–H and O–H groups in total. The second-order valence-corrected chi connectivity index (χ2v) is 19.4. The second kappa shape index (κ2) is 19.6. The number of carbonyl (C=O) groups excluding carboxylic acids is 3. The van der Waals surface area contributed by atoms with E-state index in [1.807, 2.05) is 41.1 Å². The summed E-state index contributed by atoms with van der Waals surface area (Å²) < 4.78 is 34.0. The third kappa shape index (κ3) is 9.72. The Morgan fingerprint density at radius 3 is 2.32 bits per heavy atom. The van der Waals surface area contributed by atoms with Crippen molar-refractivity contribution in [3.05, 3.63) is 144 Å². The highest BCUT2D eigenvalue weighted by Crippen LogP contribution is 2.33. The van der Waals surface area contributed by atoms with Crippen LogP contribution in [0.15, 0.2) is 94.4 Å². The number of sulfonamides is 1. The summed E-state index contributed by atoms with van der Waals surface area (Å²) in [5.74, 6) is -1.73. The van der Waals surface area contributed by atoms with Crippen molar-refractivity contribution in [1.29, 1.82) is 0 Å². The van der Waals surface area contributed by atoms with Crippen molar-refractivity contribution in [1.82, 2.24) is 28.9 Å². The average molecular weight is 996 g/mol. The van der Waals surface area contributed by atoms with Gasteiger partial charge in [0.15, 0.2) is 5.69 Å². The smallest absolute Gasteiger partial charge is 0.275 e. The number of amides is 3. The number of nitrogens with zero attached hydrogens (tertiary/aromatic N) is 5. The minimum absolute atomic E-state index is 0.0432. The lowest BCUT2D eigenvalue weighted by atomic mass is 9.93. The molecule has 3 heterocycles. The SMILES string of the molecule is CCCCN(CCCC)C(=O)c1nn(-c2ccc(C(=O)NS(=O)(=O)c3ccc4c(c3)c(Br)cn4Cc3ccc(Cl)c(Cl)c3)cc2C(=O)N2Cc3ccccc3C[C@H]2CN)c(C)c1Cl. The van der Waals surface area contributed by atoms with E-state index in [9.17, 15) is 22.8 Å². The van der Waals surface area contributed by atoms with Crippen molar-refractivity contribution < 1.29 is 22.8 Å². The first-order valence-electron chi connectivity index (χ1n) is 20.7. The van der Waals surface area contributed by atoms with Gasteiger partial charge in [-0.15, -0.1) is 0 Å². The van der Waals surface area contributed by atoms with E-state index < -0.39 is 21.8 Å². The Kier molecular flexibility index (Phi) is 14.4. The molecule has 0 bridgehead atoms. The van der Waals surface area contributed by atoms with Gasteiger partial charge in [-0.2, -0.15) is 5.10 Å². The van der Waals surface area contributed by atoms with Crippen molar-refractivity contribution in [2.75, 3.05) is 19.6 Å². The number of fused-ring (bicyclic) bond motifs is 2. The standard InChI is InChI=1S/C46H47BrCl3N7O5S/c1-4-6-18-54(19-7-5-2)46(60)43-42(50)28(3)57(52-43)41-16-13-31(22-36(41)45(59)56-26-32-11-9-8-10-30(32)21-33(56)24-51)44(58)53-63(61,62)34-14-17-40-35(23-34)37(47)27-55(40)25-29-12-15-38(48)39(49)20-29/h8-17,20,22-23,27,33H,4-7,18-19,21,24-26,51H2,1-3H3,(H,53,58)/t33-/m0/s1. The molecule has 1 aliphatic heterocycles. The highest BCUT2D eigenvalue weighted by atomic mass is 79.9. The van der Waals surface area contributed by atoms with E-state index in [2.05, 4.69) is 34.5 Å². The van der Waals surface area contributed by atoms with E-state index in [0.29, 0.717) is 51.7 Å². The van der Waals surface area contributed by atoms with E-state index in [4.69, 9.17) is 45.6 Å². The fraction of sp³-hybridized carbons (Fsp3) is 0.304. The molecule has 63 heavy (non-hydrogen) atoms. The van der Waals surface area contributed by atoms with Crippen molar-refractivity contribution in [2.24, 2.45) is 5.73 Å².